The summed E-state index contributed by atoms with van der Waals surface area (Å²) in [6.07, 6.45) is 3.64. The average Bonchev–Trinajstić information content (AvgIpc) is 2.62. The van der Waals surface area contributed by atoms with Crippen LogP contribution < -0.4 is 4.90 Å². The summed E-state index contributed by atoms with van der Waals surface area (Å²) in [4.78, 5) is 16.8. The van der Waals surface area contributed by atoms with E-state index in [9.17, 15) is 9.90 Å². The van der Waals surface area contributed by atoms with Crippen molar-refractivity contribution < 1.29 is 14.6 Å². The predicted molar refractivity (Wildman–Crippen MR) is 89.8 cm³/mol. The molecule has 0 spiro atoms. The number of hydrogen-bond donors (Lipinski definition) is 1. The lowest BCUT2D eigenvalue weighted by Crippen LogP contribution is -2.42. The molecule has 1 aromatic rings. The van der Waals surface area contributed by atoms with Crippen molar-refractivity contribution in [2.45, 2.75) is 37.9 Å². The van der Waals surface area contributed by atoms with Crippen molar-refractivity contribution in [1.29, 1.82) is 0 Å². The Morgan fingerprint density at radius 3 is 2.48 bits per heavy atom. The van der Waals surface area contributed by atoms with Gasteiger partial charge < -0.3 is 19.6 Å². The number of rotatable bonds is 3. The largest absolute Gasteiger partial charge is 0.393 e. The van der Waals surface area contributed by atoms with Gasteiger partial charge in [0, 0.05) is 44.5 Å². The second-order valence-electron chi connectivity index (χ2n) is 6.52. The van der Waals surface area contributed by atoms with Crippen LogP contribution in [0.5, 0.6) is 0 Å². The van der Waals surface area contributed by atoms with Crippen LogP contribution in [0, 0.1) is 0 Å². The van der Waals surface area contributed by atoms with Gasteiger partial charge in [0.1, 0.15) is 0 Å². The Balaban J connectivity index is 1.63. The maximum atomic E-state index is 12.6. The molecule has 2 fully saturated rings. The van der Waals surface area contributed by atoms with Crippen LogP contribution in [0.25, 0.3) is 0 Å². The molecule has 0 bridgehead atoms. The minimum atomic E-state index is -0.167. The van der Waals surface area contributed by atoms with E-state index in [1.165, 1.54) is 0 Å². The van der Waals surface area contributed by atoms with Gasteiger partial charge in [0.2, 0.25) is 0 Å². The number of anilines is 1. The van der Waals surface area contributed by atoms with E-state index >= 15 is 0 Å². The molecule has 2 heterocycles. The molecule has 2 saturated heterocycles. The number of amides is 1. The molecule has 1 atom stereocenters. The fourth-order valence-electron chi connectivity index (χ4n) is 3.44. The van der Waals surface area contributed by atoms with E-state index in [0.29, 0.717) is 6.54 Å². The summed E-state index contributed by atoms with van der Waals surface area (Å²) in [5, 5.41) is 9.59. The Hall–Kier alpha value is -1.59. The average molecular weight is 318 g/mol. The Morgan fingerprint density at radius 2 is 1.83 bits per heavy atom. The maximum Gasteiger partial charge on any atom is 0.253 e. The molecule has 3 rings (SSSR count). The van der Waals surface area contributed by atoms with Crippen LogP contribution in [0.15, 0.2) is 24.3 Å². The summed E-state index contributed by atoms with van der Waals surface area (Å²) >= 11 is 0. The number of benzene rings is 1. The van der Waals surface area contributed by atoms with Crippen molar-refractivity contribution >= 4 is 11.6 Å². The molecule has 1 aromatic carbocycles. The van der Waals surface area contributed by atoms with Gasteiger partial charge in [0.05, 0.1) is 12.2 Å². The van der Waals surface area contributed by atoms with Gasteiger partial charge in [-0.3, -0.25) is 4.79 Å². The minimum absolute atomic E-state index is 0.0902. The van der Waals surface area contributed by atoms with Crippen LogP contribution in [-0.4, -0.2) is 61.4 Å². The Kier molecular flexibility index (Phi) is 5.18. The lowest BCUT2D eigenvalue weighted by atomic mass is 10.1. The molecule has 5 heteroatoms. The highest BCUT2D eigenvalue weighted by molar-refractivity contribution is 5.94. The fraction of sp³-hybridized carbons (Fsp3) is 0.611. The van der Waals surface area contributed by atoms with Gasteiger partial charge in [-0.05, 0) is 49.9 Å². The summed E-state index contributed by atoms with van der Waals surface area (Å²) in [7, 11) is 1.71. The van der Waals surface area contributed by atoms with Crippen molar-refractivity contribution in [3.05, 3.63) is 29.8 Å². The van der Waals surface area contributed by atoms with Gasteiger partial charge in [0.25, 0.3) is 5.91 Å². The standard InChI is InChI=1S/C18H26N2O3/c1-23-17-3-2-10-20(13-17)18(22)14-4-6-15(7-5-14)19-11-8-16(21)9-12-19/h4-7,16-17,21H,2-3,8-13H2,1H3. The molecule has 0 aromatic heterocycles. The molecule has 1 amide bonds. The summed E-state index contributed by atoms with van der Waals surface area (Å²) in [5.74, 6) is 0.0902. The zero-order chi connectivity index (χ0) is 16.2. The van der Waals surface area contributed by atoms with E-state index in [0.717, 1.165) is 56.6 Å². The Morgan fingerprint density at radius 1 is 1.13 bits per heavy atom. The predicted octanol–water partition coefficient (Wildman–Crippen LogP) is 1.90. The van der Waals surface area contributed by atoms with Gasteiger partial charge in [0.15, 0.2) is 0 Å². The lowest BCUT2D eigenvalue weighted by Gasteiger charge is -2.33. The third kappa shape index (κ3) is 3.85. The number of aliphatic hydroxyl groups is 1. The highest BCUT2D eigenvalue weighted by atomic mass is 16.5. The topological polar surface area (TPSA) is 53.0 Å². The van der Waals surface area contributed by atoms with Gasteiger partial charge in [-0.2, -0.15) is 0 Å². The third-order valence-electron chi connectivity index (χ3n) is 4.94. The summed E-state index contributed by atoms with van der Waals surface area (Å²) in [6.45, 7) is 3.23. The smallest absolute Gasteiger partial charge is 0.253 e. The minimum Gasteiger partial charge on any atom is -0.393 e. The van der Waals surface area contributed by atoms with E-state index in [-0.39, 0.29) is 18.1 Å². The highest BCUT2D eigenvalue weighted by Crippen LogP contribution is 2.22. The SMILES string of the molecule is COC1CCCN(C(=O)c2ccc(N3CCC(O)CC3)cc2)C1. The van der Waals surface area contributed by atoms with Gasteiger partial charge >= 0.3 is 0 Å². The molecule has 23 heavy (non-hydrogen) atoms. The van der Waals surface area contributed by atoms with E-state index in [4.69, 9.17) is 4.74 Å². The molecule has 0 aliphatic carbocycles. The third-order valence-corrected chi connectivity index (χ3v) is 4.94. The molecular formula is C18H26N2O3. The van der Waals surface area contributed by atoms with E-state index < -0.39 is 0 Å². The molecule has 5 nitrogen and oxygen atoms in total. The number of likely N-dealkylation sites (tertiary alicyclic amines) is 1. The first-order chi connectivity index (χ1) is 11.2. The van der Waals surface area contributed by atoms with Crippen LogP contribution in [0.3, 0.4) is 0 Å². The number of hydrogen-bond acceptors (Lipinski definition) is 4. The summed E-state index contributed by atoms with van der Waals surface area (Å²) in [5.41, 5.74) is 1.87. The molecule has 0 saturated carbocycles. The summed E-state index contributed by atoms with van der Waals surface area (Å²) in [6, 6.07) is 7.86. The Bertz CT molecular complexity index is 524. The first kappa shape index (κ1) is 16.3. The second-order valence-corrected chi connectivity index (χ2v) is 6.52. The van der Waals surface area contributed by atoms with Crippen LogP contribution in [0.1, 0.15) is 36.0 Å². The number of nitrogens with zero attached hydrogens (tertiary/aromatic N) is 2. The molecule has 1 unspecified atom stereocenters. The molecule has 0 radical (unpaired) electrons. The first-order valence-corrected chi connectivity index (χ1v) is 8.52. The molecule has 126 valence electrons. The normalized spacial score (nSPS) is 23.1. The van der Waals surface area contributed by atoms with Crippen molar-refractivity contribution in [3.63, 3.8) is 0 Å². The number of ether oxygens (including phenoxy) is 1. The van der Waals surface area contributed by atoms with Crippen molar-refractivity contribution in [2.75, 3.05) is 38.2 Å². The lowest BCUT2D eigenvalue weighted by molar-refractivity contribution is 0.0269. The monoisotopic (exact) mass is 318 g/mol. The maximum absolute atomic E-state index is 12.6. The van der Waals surface area contributed by atoms with Gasteiger partial charge in [-0.25, -0.2) is 0 Å². The van der Waals surface area contributed by atoms with Crippen LogP contribution in [0.2, 0.25) is 0 Å². The second kappa shape index (κ2) is 7.32. The van der Waals surface area contributed by atoms with Crippen LogP contribution >= 0.6 is 0 Å². The van der Waals surface area contributed by atoms with Crippen LogP contribution in [0.4, 0.5) is 5.69 Å². The first-order valence-electron chi connectivity index (χ1n) is 8.52. The van der Waals surface area contributed by atoms with Crippen molar-refractivity contribution in [3.8, 4) is 0 Å². The number of piperidine rings is 2. The van der Waals surface area contributed by atoms with E-state index in [2.05, 4.69) is 4.90 Å². The van der Waals surface area contributed by atoms with Gasteiger partial charge in [-0.1, -0.05) is 0 Å². The van der Waals surface area contributed by atoms with Crippen molar-refractivity contribution in [2.24, 2.45) is 0 Å². The highest BCUT2D eigenvalue weighted by Gasteiger charge is 2.24. The summed E-state index contributed by atoms with van der Waals surface area (Å²) < 4.78 is 5.39. The number of methoxy groups -OCH3 is 1. The fourth-order valence-corrected chi connectivity index (χ4v) is 3.44. The molecule has 2 aliphatic heterocycles. The zero-order valence-electron chi connectivity index (χ0n) is 13.8. The Labute approximate surface area is 137 Å². The van der Waals surface area contributed by atoms with Gasteiger partial charge in [-0.15, -0.1) is 0 Å². The molecule has 1 N–H and O–H groups in total. The molecule has 2 aliphatic rings. The number of carbonyl (C=O) groups is 1. The van der Waals surface area contributed by atoms with E-state index in [1.54, 1.807) is 7.11 Å². The number of carbonyl (C=O) groups excluding carboxylic acids is 1. The van der Waals surface area contributed by atoms with Crippen molar-refractivity contribution in [1.82, 2.24) is 4.90 Å². The molecular weight excluding hydrogens is 292 g/mol. The number of aliphatic hydroxyl groups excluding tert-OH is 1. The van der Waals surface area contributed by atoms with E-state index in [1.807, 2.05) is 29.2 Å². The zero-order valence-corrected chi connectivity index (χ0v) is 13.8. The quantitative estimate of drug-likeness (QED) is 0.925. The van der Waals surface area contributed by atoms with Crippen LogP contribution in [-0.2, 0) is 4.74 Å².